The Morgan fingerprint density at radius 3 is 2.32 bits per heavy atom. The number of fused-ring (bicyclic) bond motifs is 1. The molecule has 1 amide bonds. The molecule has 0 aliphatic rings. The lowest BCUT2D eigenvalue weighted by molar-refractivity contribution is 0.102. The number of ether oxygens (including phenoxy) is 1. The number of carbonyl (C=O) groups excluding carboxylic acids is 1. The molecule has 0 saturated carbocycles. The van der Waals surface area contributed by atoms with E-state index in [1.165, 1.54) is 6.20 Å². The first-order valence-corrected chi connectivity index (χ1v) is 9.24. The molecular formula is C22H14Cl2N2O2. The lowest BCUT2D eigenvalue weighted by Gasteiger charge is -2.10. The summed E-state index contributed by atoms with van der Waals surface area (Å²) in [4.78, 5) is 16.7. The molecule has 4 rings (SSSR count). The number of pyridine rings is 1. The Morgan fingerprint density at radius 1 is 0.857 bits per heavy atom. The van der Waals surface area contributed by atoms with Crippen LogP contribution in [-0.4, -0.2) is 10.9 Å². The Bertz CT molecular complexity index is 1140. The van der Waals surface area contributed by atoms with Gasteiger partial charge in [-0.2, -0.15) is 0 Å². The van der Waals surface area contributed by atoms with Crippen molar-refractivity contribution in [3.63, 3.8) is 0 Å². The van der Waals surface area contributed by atoms with Gasteiger partial charge in [-0.1, -0.05) is 65.7 Å². The Balaban J connectivity index is 1.52. The number of halogens is 2. The first-order valence-electron chi connectivity index (χ1n) is 8.49. The van der Waals surface area contributed by atoms with Gasteiger partial charge in [-0.3, -0.25) is 4.79 Å². The van der Waals surface area contributed by atoms with Crippen LogP contribution in [0.2, 0.25) is 10.0 Å². The number of benzene rings is 3. The van der Waals surface area contributed by atoms with E-state index in [9.17, 15) is 4.79 Å². The highest BCUT2D eigenvalue weighted by Gasteiger charge is 2.15. The summed E-state index contributed by atoms with van der Waals surface area (Å²) in [6.07, 6.45) is 1.52. The van der Waals surface area contributed by atoms with Gasteiger partial charge in [0.15, 0.2) is 0 Å². The minimum absolute atomic E-state index is 0.224. The summed E-state index contributed by atoms with van der Waals surface area (Å²) in [5.41, 5.74) is 0.730. The topological polar surface area (TPSA) is 51.2 Å². The lowest BCUT2D eigenvalue weighted by atomic mass is 10.1. The van der Waals surface area contributed by atoms with Crippen molar-refractivity contribution < 1.29 is 9.53 Å². The maximum atomic E-state index is 12.4. The highest BCUT2D eigenvalue weighted by molar-refractivity contribution is 6.40. The summed E-state index contributed by atoms with van der Waals surface area (Å²) >= 11 is 12.1. The molecule has 3 aromatic carbocycles. The van der Waals surface area contributed by atoms with Crippen molar-refractivity contribution in [2.45, 2.75) is 0 Å². The van der Waals surface area contributed by atoms with E-state index in [1.807, 2.05) is 42.5 Å². The largest absolute Gasteiger partial charge is 0.438 e. The molecule has 6 heteroatoms. The zero-order chi connectivity index (χ0) is 19.5. The van der Waals surface area contributed by atoms with E-state index < -0.39 is 5.91 Å². The van der Waals surface area contributed by atoms with Gasteiger partial charge in [-0.15, -0.1) is 0 Å². The number of anilines is 1. The molecule has 4 aromatic rings. The monoisotopic (exact) mass is 408 g/mol. The van der Waals surface area contributed by atoms with Crippen LogP contribution in [0.4, 0.5) is 5.69 Å². The number of aromatic nitrogens is 1. The summed E-state index contributed by atoms with van der Waals surface area (Å²) in [6.45, 7) is 0. The number of carbonyl (C=O) groups is 1. The molecular weight excluding hydrogens is 395 g/mol. The maximum absolute atomic E-state index is 12.4. The molecule has 1 aromatic heterocycles. The SMILES string of the molecule is O=C(Nc1ccc(Oc2cccc3ccccc23)nc1)c1c(Cl)cccc1Cl. The standard InChI is InChI=1S/C22H14Cl2N2O2/c23-17-8-4-9-18(24)21(17)22(27)26-15-11-12-20(25-13-15)28-19-10-3-6-14-5-1-2-7-16(14)19/h1-13H,(H,26,27). The number of rotatable bonds is 4. The second-order valence-corrected chi connectivity index (χ2v) is 6.83. The molecule has 0 radical (unpaired) electrons. The zero-order valence-electron chi connectivity index (χ0n) is 14.5. The number of hydrogen-bond donors (Lipinski definition) is 1. The van der Waals surface area contributed by atoms with Crippen LogP contribution in [-0.2, 0) is 0 Å². The van der Waals surface area contributed by atoms with Crippen LogP contribution < -0.4 is 10.1 Å². The van der Waals surface area contributed by atoms with Crippen LogP contribution in [0.5, 0.6) is 11.6 Å². The van der Waals surface area contributed by atoms with E-state index >= 15 is 0 Å². The van der Waals surface area contributed by atoms with E-state index in [1.54, 1.807) is 30.3 Å². The van der Waals surface area contributed by atoms with E-state index in [2.05, 4.69) is 10.3 Å². The van der Waals surface area contributed by atoms with Crippen molar-refractivity contribution >= 4 is 45.6 Å². The molecule has 0 aliphatic heterocycles. The van der Waals surface area contributed by atoms with E-state index in [4.69, 9.17) is 27.9 Å². The molecule has 0 spiro atoms. The van der Waals surface area contributed by atoms with Crippen LogP contribution >= 0.6 is 23.2 Å². The second-order valence-electron chi connectivity index (χ2n) is 6.02. The van der Waals surface area contributed by atoms with Crippen LogP contribution in [0.1, 0.15) is 10.4 Å². The molecule has 0 atom stereocenters. The Labute approximate surface area is 171 Å². The minimum atomic E-state index is -0.403. The van der Waals surface area contributed by atoms with Gasteiger partial charge in [0.05, 0.1) is 27.5 Å². The normalized spacial score (nSPS) is 10.6. The molecule has 0 aliphatic carbocycles. The third-order valence-electron chi connectivity index (χ3n) is 4.15. The predicted octanol–water partition coefficient (Wildman–Crippen LogP) is 6.59. The Hall–Kier alpha value is -3.08. The number of hydrogen-bond acceptors (Lipinski definition) is 3. The van der Waals surface area contributed by atoms with Gasteiger partial charge in [0, 0.05) is 11.5 Å². The van der Waals surface area contributed by atoms with Gasteiger partial charge in [0.2, 0.25) is 5.88 Å². The first-order chi connectivity index (χ1) is 13.6. The van der Waals surface area contributed by atoms with Crippen LogP contribution in [0.3, 0.4) is 0 Å². The second kappa shape index (κ2) is 7.89. The molecule has 4 nitrogen and oxygen atoms in total. The van der Waals surface area contributed by atoms with Gasteiger partial charge in [0.1, 0.15) is 5.75 Å². The molecule has 28 heavy (non-hydrogen) atoms. The predicted molar refractivity (Wildman–Crippen MR) is 113 cm³/mol. The summed E-state index contributed by atoms with van der Waals surface area (Å²) in [6, 6.07) is 22.1. The van der Waals surface area contributed by atoms with Crippen molar-refractivity contribution in [2.75, 3.05) is 5.32 Å². The third kappa shape index (κ3) is 3.79. The van der Waals surface area contributed by atoms with Gasteiger partial charge < -0.3 is 10.1 Å². The molecule has 0 unspecified atom stereocenters. The summed E-state index contributed by atoms with van der Waals surface area (Å²) < 4.78 is 5.91. The minimum Gasteiger partial charge on any atom is -0.438 e. The molecule has 1 heterocycles. The zero-order valence-corrected chi connectivity index (χ0v) is 16.0. The molecule has 138 valence electrons. The van der Waals surface area contributed by atoms with Gasteiger partial charge in [-0.05, 0) is 29.7 Å². The van der Waals surface area contributed by atoms with E-state index in [0.717, 1.165) is 10.8 Å². The molecule has 0 fully saturated rings. The van der Waals surface area contributed by atoms with Crippen molar-refractivity contribution in [1.82, 2.24) is 4.98 Å². The van der Waals surface area contributed by atoms with Gasteiger partial charge in [-0.25, -0.2) is 4.98 Å². The highest BCUT2D eigenvalue weighted by Crippen LogP contribution is 2.29. The van der Waals surface area contributed by atoms with Crippen molar-refractivity contribution in [2.24, 2.45) is 0 Å². The Morgan fingerprint density at radius 2 is 1.57 bits per heavy atom. The van der Waals surface area contributed by atoms with E-state index in [-0.39, 0.29) is 15.6 Å². The molecule has 0 bridgehead atoms. The summed E-state index contributed by atoms with van der Waals surface area (Å²) in [5.74, 6) is 0.732. The summed E-state index contributed by atoms with van der Waals surface area (Å²) in [5, 5.41) is 5.39. The number of amides is 1. The quantitative estimate of drug-likeness (QED) is 0.414. The fourth-order valence-electron chi connectivity index (χ4n) is 2.82. The van der Waals surface area contributed by atoms with Crippen molar-refractivity contribution in [1.29, 1.82) is 0 Å². The average molecular weight is 409 g/mol. The fraction of sp³-hybridized carbons (Fsp3) is 0. The number of nitrogens with one attached hydrogen (secondary N) is 1. The fourth-order valence-corrected chi connectivity index (χ4v) is 3.39. The van der Waals surface area contributed by atoms with Crippen molar-refractivity contribution in [3.8, 4) is 11.6 Å². The van der Waals surface area contributed by atoms with Gasteiger partial charge in [0.25, 0.3) is 5.91 Å². The van der Waals surface area contributed by atoms with Crippen LogP contribution in [0, 0.1) is 0 Å². The van der Waals surface area contributed by atoms with Crippen molar-refractivity contribution in [3.05, 3.63) is 94.6 Å². The highest BCUT2D eigenvalue weighted by atomic mass is 35.5. The van der Waals surface area contributed by atoms with Crippen LogP contribution in [0.25, 0.3) is 10.8 Å². The maximum Gasteiger partial charge on any atom is 0.258 e. The molecule has 0 saturated heterocycles. The average Bonchev–Trinajstić information content (AvgIpc) is 2.70. The molecule has 1 N–H and O–H groups in total. The Kier molecular flexibility index (Phi) is 5.15. The lowest BCUT2D eigenvalue weighted by Crippen LogP contribution is -2.13. The number of nitrogens with zero attached hydrogens (tertiary/aromatic N) is 1. The smallest absolute Gasteiger partial charge is 0.258 e. The van der Waals surface area contributed by atoms with E-state index in [0.29, 0.717) is 17.3 Å². The summed E-state index contributed by atoms with van der Waals surface area (Å²) in [7, 11) is 0. The first kappa shape index (κ1) is 18.3. The van der Waals surface area contributed by atoms with Gasteiger partial charge >= 0.3 is 0 Å². The van der Waals surface area contributed by atoms with Crippen LogP contribution in [0.15, 0.2) is 79.0 Å². The third-order valence-corrected chi connectivity index (χ3v) is 4.78.